The van der Waals surface area contributed by atoms with Gasteiger partial charge in [0.2, 0.25) is 0 Å². The molecule has 2 aromatic carbocycles. The summed E-state index contributed by atoms with van der Waals surface area (Å²) in [5, 5.41) is 5.33. The van der Waals surface area contributed by atoms with Gasteiger partial charge in [0.15, 0.2) is 0 Å². The number of anilines is 2. The van der Waals surface area contributed by atoms with E-state index in [1.165, 1.54) is 19.2 Å². The summed E-state index contributed by atoms with van der Waals surface area (Å²) >= 11 is 0. The number of carbonyl (C=O) groups is 3. The number of hydrogen-bond donors (Lipinski definition) is 2. The fraction of sp³-hybridized carbons (Fsp3) is 0.375. The molecule has 1 aliphatic heterocycles. The largest absolute Gasteiger partial charge is 0.465 e. The molecule has 1 aliphatic rings. The molecule has 0 aromatic heterocycles. The quantitative estimate of drug-likeness (QED) is 0.510. The van der Waals surface area contributed by atoms with Crippen LogP contribution < -0.4 is 15.5 Å². The number of likely N-dealkylation sites (tertiary alicyclic amines) is 1. The third-order valence-corrected chi connectivity index (χ3v) is 5.60. The van der Waals surface area contributed by atoms with Gasteiger partial charge in [-0.1, -0.05) is 12.1 Å². The van der Waals surface area contributed by atoms with Gasteiger partial charge in [0.05, 0.1) is 18.7 Å². The van der Waals surface area contributed by atoms with Crippen LogP contribution in [0.5, 0.6) is 0 Å². The summed E-state index contributed by atoms with van der Waals surface area (Å²) < 4.78 is 4.65. The van der Waals surface area contributed by atoms with E-state index < -0.39 is 17.8 Å². The summed E-state index contributed by atoms with van der Waals surface area (Å²) in [5.41, 5.74) is 3.00. The molecule has 2 N–H and O–H groups in total. The first kappa shape index (κ1) is 23.3. The zero-order valence-electron chi connectivity index (χ0n) is 18.8. The minimum atomic E-state index is -0.751. The van der Waals surface area contributed by atoms with Crippen LogP contribution in [0.1, 0.15) is 34.8 Å². The van der Waals surface area contributed by atoms with E-state index in [1.54, 1.807) is 12.1 Å². The lowest BCUT2D eigenvalue weighted by atomic mass is 10.0. The fourth-order valence-electron chi connectivity index (χ4n) is 3.77. The van der Waals surface area contributed by atoms with Crippen LogP contribution in [0, 0.1) is 0 Å². The highest BCUT2D eigenvalue weighted by molar-refractivity contribution is 6.39. The lowest BCUT2D eigenvalue weighted by Crippen LogP contribution is -2.41. The number of hydrogen-bond acceptors (Lipinski definition) is 6. The minimum Gasteiger partial charge on any atom is -0.465 e. The molecule has 8 nitrogen and oxygen atoms in total. The number of amides is 2. The molecule has 8 heteroatoms. The Labute approximate surface area is 188 Å². The third-order valence-electron chi connectivity index (χ3n) is 5.60. The molecule has 0 unspecified atom stereocenters. The Hall–Kier alpha value is -3.39. The molecule has 0 radical (unpaired) electrons. The molecule has 2 amide bonds. The normalized spacial score (nSPS) is 14.5. The lowest BCUT2D eigenvalue weighted by Gasteiger charge is -2.28. The first-order chi connectivity index (χ1) is 15.4. The Bertz CT molecular complexity index is 935. The summed E-state index contributed by atoms with van der Waals surface area (Å²) in [6.07, 6.45) is 2.25. The molecule has 2 aromatic rings. The predicted molar refractivity (Wildman–Crippen MR) is 124 cm³/mol. The van der Waals surface area contributed by atoms with Gasteiger partial charge in [0.1, 0.15) is 0 Å². The highest BCUT2D eigenvalue weighted by atomic mass is 16.5. The first-order valence-electron chi connectivity index (χ1n) is 10.7. The summed E-state index contributed by atoms with van der Waals surface area (Å²) in [5.74, 6) is -1.91. The molecule has 0 bridgehead atoms. The van der Waals surface area contributed by atoms with Crippen LogP contribution in [-0.2, 0) is 14.3 Å². The van der Waals surface area contributed by atoms with E-state index in [9.17, 15) is 14.4 Å². The smallest absolute Gasteiger partial charge is 0.337 e. The summed E-state index contributed by atoms with van der Waals surface area (Å²) in [6.45, 7) is 2.28. The van der Waals surface area contributed by atoms with Crippen LogP contribution in [0.25, 0.3) is 0 Å². The molecule has 1 saturated heterocycles. The van der Waals surface area contributed by atoms with Crippen LogP contribution in [0.4, 0.5) is 11.4 Å². The number of esters is 1. The second-order valence-corrected chi connectivity index (χ2v) is 7.98. The first-order valence-corrected chi connectivity index (χ1v) is 10.7. The summed E-state index contributed by atoms with van der Waals surface area (Å²) in [4.78, 5) is 40.7. The Balaban J connectivity index is 1.61. The molecule has 3 rings (SSSR count). The number of methoxy groups -OCH3 is 1. The molecular formula is C24H30N4O4. The number of benzene rings is 2. The van der Waals surface area contributed by atoms with Crippen LogP contribution >= 0.6 is 0 Å². The minimum absolute atomic E-state index is 0.00445. The zero-order valence-corrected chi connectivity index (χ0v) is 18.8. The van der Waals surface area contributed by atoms with Crippen molar-refractivity contribution in [2.45, 2.75) is 18.9 Å². The number of nitrogens with zero attached hydrogens (tertiary/aromatic N) is 2. The Morgan fingerprint density at radius 1 is 0.969 bits per heavy atom. The van der Waals surface area contributed by atoms with Gasteiger partial charge in [0.25, 0.3) is 0 Å². The van der Waals surface area contributed by atoms with Crippen molar-refractivity contribution in [3.63, 3.8) is 0 Å². The maximum atomic E-state index is 12.4. The standard InChI is InChI=1S/C24H30N4O4/c1-27(2)20-12-8-17(9-13-20)21(28-14-4-5-15-28)16-25-22(29)23(30)26-19-10-6-18(7-11-19)24(31)32-3/h6-13,21H,4-5,14-16H2,1-3H3,(H,25,29)(H,26,30)/t21-/m0/s1. The summed E-state index contributed by atoms with van der Waals surface area (Å²) in [7, 11) is 5.29. The Morgan fingerprint density at radius 2 is 1.59 bits per heavy atom. The Kier molecular flexibility index (Phi) is 7.83. The average Bonchev–Trinajstić information content (AvgIpc) is 3.34. The van der Waals surface area contributed by atoms with E-state index in [0.717, 1.165) is 37.2 Å². The van der Waals surface area contributed by atoms with E-state index in [-0.39, 0.29) is 6.04 Å². The van der Waals surface area contributed by atoms with Crippen LogP contribution in [0.3, 0.4) is 0 Å². The van der Waals surface area contributed by atoms with Crippen molar-refractivity contribution in [2.75, 3.05) is 51.1 Å². The second-order valence-electron chi connectivity index (χ2n) is 7.98. The molecule has 0 saturated carbocycles. The van der Waals surface area contributed by atoms with Crippen molar-refractivity contribution >= 4 is 29.2 Å². The van der Waals surface area contributed by atoms with Gasteiger partial charge in [-0.25, -0.2) is 4.79 Å². The molecular weight excluding hydrogens is 408 g/mol. The van der Waals surface area contributed by atoms with E-state index in [2.05, 4.69) is 44.5 Å². The third kappa shape index (κ3) is 5.85. The van der Waals surface area contributed by atoms with Crippen LogP contribution in [0.15, 0.2) is 48.5 Å². The number of carbonyl (C=O) groups excluding carboxylic acids is 3. The fourth-order valence-corrected chi connectivity index (χ4v) is 3.77. The lowest BCUT2D eigenvalue weighted by molar-refractivity contribution is -0.136. The van der Waals surface area contributed by atoms with Gasteiger partial charge >= 0.3 is 17.8 Å². The zero-order chi connectivity index (χ0) is 23.1. The van der Waals surface area contributed by atoms with Crippen molar-refractivity contribution in [3.05, 3.63) is 59.7 Å². The van der Waals surface area contributed by atoms with Gasteiger partial charge in [0, 0.05) is 32.0 Å². The maximum absolute atomic E-state index is 12.4. The van der Waals surface area contributed by atoms with Crippen LogP contribution in [-0.4, -0.2) is 63.5 Å². The van der Waals surface area contributed by atoms with Gasteiger partial charge in [-0.2, -0.15) is 0 Å². The molecule has 1 heterocycles. The number of nitrogens with one attached hydrogen (secondary N) is 2. The highest BCUT2D eigenvalue weighted by Crippen LogP contribution is 2.26. The Morgan fingerprint density at radius 3 is 2.16 bits per heavy atom. The number of rotatable bonds is 7. The van der Waals surface area contributed by atoms with E-state index in [1.807, 2.05) is 19.0 Å². The van der Waals surface area contributed by atoms with Crippen molar-refractivity contribution in [2.24, 2.45) is 0 Å². The topological polar surface area (TPSA) is 91.0 Å². The molecule has 0 aliphatic carbocycles. The van der Waals surface area contributed by atoms with Crippen molar-refractivity contribution in [3.8, 4) is 0 Å². The average molecular weight is 439 g/mol. The SMILES string of the molecule is COC(=O)c1ccc(NC(=O)C(=O)NC[C@@H](c2ccc(N(C)C)cc2)N2CCCC2)cc1. The van der Waals surface area contributed by atoms with Gasteiger partial charge in [-0.05, 0) is 67.9 Å². The molecule has 1 atom stereocenters. The van der Waals surface area contributed by atoms with E-state index >= 15 is 0 Å². The van der Waals surface area contributed by atoms with Crippen molar-refractivity contribution < 1.29 is 19.1 Å². The van der Waals surface area contributed by atoms with Gasteiger partial charge in [-0.3, -0.25) is 14.5 Å². The van der Waals surface area contributed by atoms with Gasteiger partial charge in [-0.15, -0.1) is 0 Å². The number of ether oxygens (including phenoxy) is 1. The molecule has 170 valence electrons. The molecule has 1 fully saturated rings. The van der Waals surface area contributed by atoms with E-state index in [0.29, 0.717) is 17.8 Å². The van der Waals surface area contributed by atoms with Crippen molar-refractivity contribution in [1.82, 2.24) is 10.2 Å². The van der Waals surface area contributed by atoms with Crippen LogP contribution in [0.2, 0.25) is 0 Å². The van der Waals surface area contributed by atoms with E-state index in [4.69, 9.17) is 0 Å². The van der Waals surface area contributed by atoms with Crippen molar-refractivity contribution in [1.29, 1.82) is 0 Å². The summed E-state index contributed by atoms with van der Waals surface area (Å²) in [6, 6.07) is 14.4. The highest BCUT2D eigenvalue weighted by Gasteiger charge is 2.25. The van der Waals surface area contributed by atoms with Gasteiger partial charge < -0.3 is 20.3 Å². The maximum Gasteiger partial charge on any atom is 0.337 e. The molecule has 0 spiro atoms. The second kappa shape index (κ2) is 10.8. The predicted octanol–water partition coefficient (Wildman–Crippen LogP) is 2.43. The molecule has 32 heavy (non-hydrogen) atoms. The monoisotopic (exact) mass is 438 g/mol.